The highest BCUT2D eigenvalue weighted by Gasteiger charge is 2.27. The summed E-state index contributed by atoms with van der Waals surface area (Å²) in [5, 5.41) is 0. The lowest BCUT2D eigenvalue weighted by molar-refractivity contribution is -0.125. The predicted molar refractivity (Wildman–Crippen MR) is 46.0 cm³/mol. The van der Waals surface area contributed by atoms with Crippen LogP contribution in [-0.2, 0) is 4.79 Å². The molecule has 2 N–H and O–H groups in total. The number of carbonyl (C=O) groups excluding carboxylic acids is 1. The summed E-state index contributed by atoms with van der Waals surface area (Å²) < 4.78 is 0. The van der Waals surface area contributed by atoms with Crippen LogP contribution in [0.15, 0.2) is 12.7 Å². The first-order chi connectivity index (χ1) is 4.56. The Morgan fingerprint density at radius 3 is 2.50 bits per heavy atom. The molecule has 3 heteroatoms. The molecule has 0 fully saturated rings. The number of allylic oxidation sites excluding steroid dienone is 1. The van der Waals surface area contributed by atoms with Crippen molar-refractivity contribution in [3.8, 4) is 0 Å². The van der Waals surface area contributed by atoms with E-state index in [4.69, 9.17) is 5.73 Å². The van der Waals surface area contributed by atoms with E-state index >= 15 is 0 Å². The fourth-order valence-corrected chi connectivity index (χ4v) is 0.847. The molecule has 0 aromatic heterocycles. The van der Waals surface area contributed by atoms with Gasteiger partial charge in [-0.2, -0.15) is 12.6 Å². The van der Waals surface area contributed by atoms with E-state index in [9.17, 15) is 4.79 Å². The summed E-state index contributed by atoms with van der Waals surface area (Å²) in [6.07, 6.45) is 2.27. The molecule has 0 rings (SSSR count). The van der Waals surface area contributed by atoms with Crippen molar-refractivity contribution in [1.29, 1.82) is 0 Å². The summed E-state index contributed by atoms with van der Waals surface area (Å²) in [5.74, 6) is 0.149. The van der Waals surface area contributed by atoms with Crippen LogP contribution in [0.1, 0.15) is 13.3 Å². The monoisotopic (exact) mass is 159 g/mol. The van der Waals surface area contributed by atoms with Gasteiger partial charge in [0.1, 0.15) is 0 Å². The van der Waals surface area contributed by atoms with Gasteiger partial charge in [-0.1, -0.05) is 6.08 Å². The number of hydrogen-bond acceptors (Lipinski definition) is 2. The van der Waals surface area contributed by atoms with Crippen molar-refractivity contribution >= 4 is 18.5 Å². The highest BCUT2D eigenvalue weighted by molar-refractivity contribution is 7.80. The number of thiol groups is 1. The fourth-order valence-electron chi connectivity index (χ4n) is 0.562. The molecule has 0 bridgehead atoms. The molecule has 1 amide bonds. The van der Waals surface area contributed by atoms with Crippen LogP contribution in [0.2, 0.25) is 0 Å². The number of carbonyl (C=O) groups is 1. The van der Waals surface area contributed by atoms with Crippen LogP contribution in [0, 0.1) is 5.41 Å². The molecule has 0 aromatic carbocycles. The fraction of sp³-hybridized carbons (Fsp3) is 0.571. The van der Waals surface area contributed by atoms with E-state index in [0.29, 0.717) is 12.2 Å². The Labute approximate surface area is 66.9 Å². The van der Waals surface area contributed by atoms with Crippen molar-refractivity contribution in [2.45, 2.75) is 13.3 Å². The van der Waals surface area contributed by atoms with E-state index < -0.39 is 5.41 Å². The van der Waals surface area contributed by atoms with Crippen molar-refractivity contribution < 1.29 is 4.79 Å². The Hall–Kier alpha value is -0.440. The van der Waals surface area contributed by atoms with Gasteiger partial charge >= 0.3 is 0 Å². The third kappa shape index (κ3) is 2.06. The van der Waals surface area contributed by atoms with E-state index in [1.807, 2.05) is 0 Å². The number of rotatable bonds is 4. The third-order valence-electron chi connectivity index (χ3n) is 1.54. The normalized spacial score (nSPS) is 15.8. The molecule has 0 radical (unpaired) electrons. The number of hydrogen-bond donors (Lipinski definition) is 2. The van der Waals surface area contributed by atoms with Crippen molar-refractivity contribution in [2.24, 2.45) is 11.1 Å². The SMILES string of the molecule is C=CCC(C)(CS)C(N)=O. The Morgan fingerprint density at radius 2 is 2.40 bits per heavy atom. The van der Waals surface area contributed by atoms with Crippen LogP contribution < -0.4 is 5.73 Å². The smallest absolute Gasteiger partial charge is 0.224 e. The average molecular weight is 159 g/mol. The molecule has 0 aliphatic rings. The largest absolute Gasteiger partial charge is 0.369 e. The molecule has 2 nitrogen and oxygen atoms in total. The molecule has 0 heterocycles. The highest BCUT2D eigenvalue weighted by atomic mass is 32.1. The maximum atomic E-state index is 10.8. The zero-order valence-corrected chi connectivity index (χ0v) is 7.03. The molecule has 10 heavy (non-hydrogen) atoms. The van der Waals surface area contributed by atoms with Gasteiger partial charge in [0.2, 0.25) is 5.91 Å². The molecule has 0 saturated heterocycles. The highest BCUT2D eigenvalue weighted by Crippen LogP contribution is 2.22. The zero-order valence-electron chi connectivity index (χ0n) is 6.13. The molecule has 58 valence electrons. The van der Waals surface area contributed by atoms with E-state index in [1.165, 1.54) is 0 Å². The summed E-state index contributed by atoms with van der Waals surface area (Å²) >= 11 is 4.03. The maximum Gasteiger partial charge on any atom is 0.224 e. The van der Waals surface area contributed by atoms with E-state index in [0.717, 1.165) is 0 Å². The minimum atomic E-state index is -0.523. The summed E-state index contributed by atoms with van der Waals surface area (Å²) in [6, 6.07) is 0. The second-order valence-electron chi connectivity index (χ2n) is 2.58. The molecule has 1 atom stereocenters. The topological polar surface area (TPSA) is 43.1 Å². The van der Waals surface area contributed by atoms with Crippen molar-refractivity contribution in [3.63, 3.8) is 0 Å². The van der Waals surface area contributed by atoms with Gasteiger partial charge in [0, 0.05) is 5.75 Å². The van der Waals surface area contributed by atoms with Crippen molar-refractivity contribution in [1.82, 2.24) is 0 Å². The van der Waals surface area contributed by atoms with Gasteiger partial charge in [-0.15, -0.1) is 6.58 Å². The van der Waals surface area contributed by atoms with Crippen LogP contribution in [0.25, 0.3) is 0 Å². The number of nitrogens with two attached hydrogens (primary N) is 1. The van der Waals surface area contributed by atoms with Gasteiger partial charge in [0.15, 0.2) is 0 Å². The minimum Gasteiger partial charge on any atom is -0.369 e. The Morgan fingerprint density at radius 1 is 1.90 bits per heavy atom. The second kappa shape index (κ2) is 3.66. The predicted octanol–water partition coefficient (Wildman–Crippen LogP) is 0.984. The van der Waals surface area contributed by atoms with Crippen LogP contribution in [0.4, 0.5) is 0 Å². The lowest BCUT2D eigenvalue weighted by atomic mass is 9.88. The quantitative estimate of drug-likeness (QED) is 0.466. The summed E-state index contributed by atoms with van der Waals surface area (Å²) in [6.45, 7) is 5.32. The summed E-state index contributed by atoms with van der Waals surface area (Å²) in [5.41, 5.74) is 4.61. The van der Waals surface area contributed by atoms with Crippen LogP contribution >= 0.6 is 12.6 Å². The first-order valence-corrected chi connectivity index (χ1v) is 3.72. The van der Waals surface area contributed by atoms with Gasteiger partial charge < -0.3 is 5.73 Å². The first kappa shape index (κ1) is 9.56. The van der Waals surface area contributed by atoms with Gasteiger partial charge in [-0.3, -0.25) is 4.79 Å². The van der Waals surface area contributed by atoms with Gasteiger partial charge in [-0.05, 0) is 13.3 Å². The van der Waals surface area contributed by atoms with Crippen LogP contribution in [0.3, 0.4) is 0 Å². The summed E-state index contributed by atoms with van der Waals surface area (Å²) in [7, 11) is 0. The molecule has 0 aliphatic heterocycles. The molecule has 0 spiro atoms. The lowest BCUT2D eigenvalue weighted by Crippen LogP contribution is -2.35. The molecular weight excluding hydrogens is 146 g/mol. The van der Waals surface area contributed by atoms with Gasteiger partial charge in [0.05, 0.1) is 5.41 Å². The number of amides is 1. The van der Waals surface area contributed by atoms with E-state index in [2.05, 4.69) is 19.2 Å². The van der Waals surface area contributed by atoms with E-state index in [1.54, 1.807) is 13.0 Å². The van der Waals surface area contributed by atoms with E-state index in [-0.39, 0.29) is 5.91 Å². The lowest BCUT2D eigenvalue weighted by Gasteiger charge is -2.21. The maximum absolute atomic E-state index is 10.8. The Balaban J connectivity index is 4.21. The average Bonchev–Trinajstić information content (AvgIpc) is 1.88. The number of primary amides is 1. The standard InChI is InChI=1S/C7H13NOS/c1-3-4-7(2,5-10)6(8)9/h3,10H,1,4-5H2,2H3,(H2,8,9). The van der Waals surface area contributed by atoms with Gasteiger partial charge in [-0.25, -0.2) is 0 Å². The minimum absolute atomic E-state index is 0.317. The molecular formula is C7H13NOS. The van der Waals surface area contributed by atoms with Crippen LogP contribution in [0.5, 0.6) is 0 Å². The van der Waals surface area contributed by atoms with Crippen LogP contribution in [-0.4, -0.2) is 11.7 Å². The third-order valence-corrected chi connectivity index (χ3v) is 2.24. The molecule has 0 saturated carbocycles. The molecule has 1 unspecified atom stereocenters. The Kier molecular flexibility index (Phi) is 3.50. The second-order valence-corrected chi connectivity index (χ2v) is 2.89. The van der Waals surface area contributed by atoms with Gasteiger partial charge in [0.25, 0.3) is 0 Å². The van der Waals surface area contributed by atoms with Crippen molar-refractivity contribution in [3.05, 3.63) is 12.7 Å². The summed E-state index contributed by atoms with van der Waals surface area (Å²) in [4.78, 5) is 10.8. The van der Waals surface area contributed by atoms with Crippen molar-refractivity contribution in [2.75, 3.05) is 5.75 Å². The zero-order chi connectivity index (χ0) is 8.20. The Bertz CT molecular complexity index is 147. The molecule has 0 aromatic rings. The first-order valence-electron chi connectivity index (χ1n) is 3.08. The molecule has 0 aliphatic carbocycles.